The van der Waals surface area contributed by atoms with Crippen molar-refractivity contribution in [2.45, 2.75) is 24.0 Å². The van der Waals surface area contributed by atoms with Crippen LogP contribution in [0.25, 0.3) is 0 Å². The van der Waals surface area contributed by atoms with Crippen LogP contribution in [-0.4, -0.2) is 23.3 Å². The van der Waals surface area contributed by atoms with Gasteiger partial charge in [-0.05, 0) is 18.7 Å². The summed E-state index contributed by atoms with van der Waals surface area (Å²) in [5.74, 6) is 0.906. The van der Waals surface area contributed by atoms with Crippen LogP contribution in [0.15, 0.2) is 35.2 Å². The molecule has 0 amide bonds. The maximum Gasteiger partial charge on any atom is 0.127 e. The minimum absolute atomic E-state index is 0.906. The topological polar surface area (TPSA) is 37.8 Å². The average molecular weight is 279 g/mol. The molecule has 0 fully saturated rings. The van der Waals surface area contributed by atoms with Crippen LogP contribution in [-0.2, 0) is 12.2 Å². The van der Waals surface area contributed by atoms with Crippen LogP contribution < -0.4 is 5.32 Å². The van der Waals surface area contributed by atoms with Gasteiger partial charge in [-0.15, -0.1) is 33.3 Å². The normalized spacial score (nSPS) is 10.7. The quantitative estimate of drug-likeness (QED) is 0.624. The van der Waals surface area contributed by atoms with E-state index in [0.717, 1.165) is 35.3 Å². The van der Waals surface area contributed by atoms with E-state index in [2.05, 4.69) is 46.7 Å². The third kappa shape index (κ3) is 4.40. The van der Waals surface area contributed by atoms with Gasteiger partial charge in [0.2, 0.25) is 0 Å². The summed E-state index contributed by atoms with van der Waals surface area (Å²) < 4.78 is 0. The second-order valence-electron chi connectivity index (χ2n) is 3.79. The Balaban J connectivity index is 1.80. The second kappa shape index (κ2) is 7.51. The highest BCUT2D eigenvalue weighted by Gasteiger charge is 2.04. The van der Waals surface area contributed by atoms with Crippen molar-refractivity contribution in [2.75, 3.05) is 13.1 Å². The van der Waals surface area contributed by atoms with Crippen LogP contribution in [0.5, 0.6) is 0 Å². The summed E-state index contributed by atoms with van der Waals surface area (Å²) in [6.45, 7) is 4.11. The predicted molar refractivity (Wildman–Crippen MR) is 78.2 cm³/mol. The number of rotatable bonds is 7. The molecular weight excluding hydrogens is 262 g/mol. The number of benzene rings is 1. The monoisotopic (exact) mass is 279 g/mol. The summed E-state index contributed by atoms with van der Waals surface area (Å²) in [6, 6.07) is 10.4. The standard InChI is InChI=1S/C13H17N3S2/c1-2-14-9-8-12-15-16-13(18-12)10-17-11-6-4-3-5-7-11/h3-7,14H,2,8-10H2,1H3. The largest absolute Gasteiger partial charge is 0.317 e. The van der Waals surface area contributed by atoms with Crippen LogP contribution in [0, 0.1) is 0 Å². The van der Waals surface area contributed by atoms with Gasteiger partial charge in [-0.3, -0.25) is 0 Å². The third-order valence-corrected chi connectivity index (χ3v) is 4.57. The molecule has 0 spiro atoms. The summed E-state index contributed by atoms with van der Waals surface area (Å²) in [7, 11) is 0. The SMILES string of the molecule is CCNCCc1nnc(CSc2ccccc2)s1. The van der Waals surface area contributed by atoms with Crippen LogP contribution in [0.2, 0.25) is 0 Å². The molecule has 1 aromatic carbocycles. The van der Waals surface area contributed by atoms with E-state index in [1.807, 2.05) is 17.8 Å². The summed E-state index contributed by atoms with van der Waals surface area (Å²) in [5, 5.41) is 14.0. The zero-order valence-corrected chi connectivity index (χ0v) is 12.1. The van der Waals surface area contributed by atoms with E-state index in [4.69, 9.17) is 0 Å². The predicted octanol–water partition coefficient (Wildman–Crippen LogP) is 2.98. The zero-order chi connectivity index (χ0) is 12.6. The van der Waals surface area contributed by atoms with Gasteiger partial charge in [0.25, 0.3) is 0 Å². The molecule has 1 heterocycles. The molecule has 0 atom stereocenters. The van der Waals surface area contributed by atoms with Crippen LogP contribution >= 0.6 is 23.1 Å². The first-order valence-corrected chi connectivity index (χ1v) is 7.88. The smallest absolute Gasteiger partial charge is 0.127 e. The molecule has 0 saturated carbocycles. The molecule has 1 N–H and O–H groups in total. The molecule has 0 bridgehead atoms. The molecule has 96 valence electrons. The fourth-order valence-electron chi connectivity index (χ4n) is 1.48. The first kappa shape index (κ1) is 13.5. The van der Waals surface area contributed by atoms with Crippen molar-refractivity contribution >= 4 is 23.1 Å². The number of thioether (sulfide) groups is 1. The average Bonchev–Trinajstić information content (AvgIpc) is 2.86. The van der Waals surface area contributed by atoms with Gasteiger partial charge in [0.1, 0.15) is 10.0 Å². The highest BCUT2D eigenvalue weighted by atomic mass is 32.2. The van der Waals surface area contributed by atoms with Crippen LogP contribution in [0.3, 0.4) is 0 Å². The zero-order valence-electron chi connectivity index (χ0n) is 10.4. The Kier molecular flexibility index (Phi) is 5.64. The van der Waals surface area contributed by atoms with Crippen molar-refractivity contribution in [3.63, 3.8) is 0 Å². The number of nitrogens with one attached hydrogen (secondary N) is 1. The summed E-state index contributed by atoms with van der Waals surface area (Å²) >= 11 is 3.53. The highest BCUT2D eigenvalue weighted by Crippen LogP contribution is 2.23. The van der Waals surface area contributed by atoms with Crippen molar-refractivity contribution < 1.29 is 0 Å². The van der Waals surface area contributed by atoms with Gasteiger partial charge in [-0.1, -0.05) is 25.1 Å². The van der Waals surface area contributed by atoms with Crippen molar-refractivity contribution in [2.24, 2.45) is 0 Å². The van der Waals surface area contributed by atoms with E-state index < -0.39 is 0 Å². The Morgan fingerprint density at radius 3 is 2.72 bits per heavy atom. The minimum Gasteiger partial charge on any atom is -0.317 e. The van der Waals surface area contributed by atoms with Gasteiger partial charge in [0.15, 0.2) is 0 Å². The molecule has 0 saturated heterocycles. The van der Waals surface area contributed by atoms with Crippen molar-refractivity contribution in [3.8, 4) is 0 Å². The lowest BCUT2D eigenvalue weighted by molar-refractivity contribution is 0.710. The maximum absolute atomic E-state index is 4.23. The Morgan fingerprint density at radius 1 is 1.17 bits per heavy atom. The van der Waals surface area contributed by atoms with E-state index in [1.165, 1.54) is 4.90 Å². The molecule has 1 aromatic heterocycles. The molecule has 0 aliphatic rings. The van der Waals surface area contributed by atoms with Crippen LogP contribution in [0.1, 0.15) is 16.9 Å². The van der Waals surface area contributed by atoms with E-state index in [-0.39, 0.29) is 0 Å². The number of aromatic nitrogens is 2. The molecule has 2 rings (SSSR count). The van der Waals surface area contributed by atoms with Gasteiger partial charge in [-0.2, -0.15) is 0 Å². The number of hydrogen-bond acceptors (Lipinski definition) is 5. The Morgan fingerprint density at radius 2 is 1.94 bits per heavy atom. The third-order valence-electron chi connectivity index (χ3n) is 2.38. The fourth-order valence-corrected chi connectivity index (χ4v) is 3.23. The lowest BCUT2D eigenvalue weighted by Crippen LogP contribution is -2.15. The van der Waals surface area contributed by atoms with E-state index in [9.17, 15) is 0 Å². The van der Waals surface area contributed by atoms with Gasteiger partial charge < -0.3 is 5.32 Å². The number of likely N-dealkylation sites (N-methyl/N-ethyl adjacent to an activating group) is 1. The molecular formula is C13H17N3S2. The minimum atomic E-state index is 0.906. The summed E-state index contributed by atoms with van der Waals surface area (Å²) in [5.41, 5.74) is 0. The molecule has 5 heteroatoms. The van der Waals surface area contributed by atoms with E-state index >= 15 is 0 Å². The van der Waals surface area contributed by atoms with Gasteiger partial charge in [-0.25, -0.2) is 0 Å². The van der Waals surface area contributed by atoms with Crippen molar-refractivity contribution in [3.05, 3.63) is 40.3 Å². The highest BCUT2D eigenvalue weighted by molar-refractivity contribution is 7.98. The number of nitrogens with zero attached hydrogens (tertiary/aromatic N) is 2. The number of hydrogen-bond donors (Lipinski definition) is 1. The van der Waals surface area contributed by atoms with Crippen molar-refractivity contribution in [1.82, 2.24) is 15.5 Å². The lowest BCUT2D eigenvalue weighted by Gasteiger charge is -1.97. The van der Waals surface area contributed by atoms with Gasteiger partial charge >= 0.3 is 0 Å². The second-order valence-corrected chi connectivity index (χ2v) is 5.99. The maximum atomic E-state index is 4.23. The van der Waals surface area contributed by atoms with E-state index in [0.29, 0.717) is 0 Å². The summed E-state index contributed by atoms with van der Waals surface area (Å²) in [6.07, 6.45) is 0.974. The molecule has 2 aromatic rings. The van der Waals surface area contributed by atoms with Gasteiger partial charge in [0.05, 0.1) is 5.75 Å². The van der Waals surface area contributed by atoms with Gasteiger partial charge in [0, 0.05) is 17.9 Å². The molecule has 3 nitrogen and oxygen atoms in total. The lowest BCUT2D eigenvalue weighted by atomic mass is 10.4. The Hall–Kier alpha value is -0.910. The van der Waals surface area contributed by atoms with E-state index in [1.54, 1.807) is 11.3 Å². The Labute approximate surface area is 116 Å². The molecule has 18 heavy (non-hydrogen) atoms. The Bertz CT molecular complexity index is 456. The first-order chi connectivity index (χ1) is 8.88. The van der Waals surface area contributed by atoms with Crippen molar-refractivity contribution in [1.29, 1.82) is 0 Å². The molecule has 0 aliphatic carbocycles. The first-order valence-electron chi connectivity index (χ1n) is 6.08. The van der Waals surface area contributed by atoms with Crippen LogP contribution in [0.4, 0.5) is 0 Å². The molecule has 0 radical (unpaired) electrons. The fraction of sp³-hybridized carbons (Fsp3) is 0.385. The summed E-state index contributed by atoms with van der Waals surface area (Å²) in [4.78, 5) is 1.28. The molecule has 0 unspecified atom stereocenters. The molecule has 0 aliphatic heterocycles.